The molecule has 0 aliphatic rings. The lowest BCUT2D eigenvalue weighted by Gasteiger charge is -2.26. The maximum Gasteiger partial charge on any atom is 0.0602 e. The minimum absolute atomic E-state index is 0.944. The van der Waals surface area contributed by atoms with Crippen LogP contribution < -0.4 is 10.6 Å². The van der Waals surface area contributed by atoms with Crippen molar-refractivity contribution in [3.05, 3.63) is 23.8 Å². The van der Waals surface area contributed by atoms with Crippen LogP contribution in [0.25, 0.3) is 0 Å². The Morgan fingerprint density at radius 3 is 2.18 bits per heavy atom. The summed E-state index contributed by atoms with van der Waals surface area (Å²) in [5.41, 5.74) is 9.53. The molecule has 17 heavy (non-hydrogen) atoms. The molecule has 96 valence electrons. The van der Waals surface area contributed by atoms with Crippen LogP contribution in [0.1, 0.15) is 45.1 Å². The molecule has 2 heteroatoms. The minimum Gasteiger partial charge on any atom is -0.397 e. The van der Waals surface area contributed by atoms with E-state index in [1.54, 1.807) is 0 Å². The summed E-state index contributed by atoms with van der Waals surface area (Å²) in [6.45, 7) is 8.78. The summed E-state index contributed by atoms with van der Waals surface area (Å²) in [7, 11) is 0. The van der Waals surface area contributed by atoms with Crippen LogP contribution in [0.5, 0.6) is 0 Å². The topological polar surface area (TPSA) is 29.3 Å². The highest BCUT2D eigenvalue weighted by Crippen LogP contribution is 2.26. The Labute approximate surface area is 106 Å². The van der Waals surface area contributed by atoms with E-state index < -0.39 is 0 Å². The van der Waals surface area contributed by atoms with Crippen LogP contribution in [0.4, 0.5) is 11.4 Å². The van der Waals surface area contributed by atoms with Crippen molar-refractivity contribution in [1.82, 2.24) is 0 Å². The number of aryl methyl sites for hydroxylation is 1. The van der Waals surface area contributed by atoms with Crippen molar-refractivity contribution in [3.63, 3.8) is 0 Å². The fraction of sp³-hybridized carbons (Fsp3) is 0.600. The Bertz CT molecular complexity index is 326. The Morgan fingerprint density at radius 1 is 1.06 bits per heavy atom. The molecule has 0 radical (unpaired) electrons. The van der Waals surface area contributed by atoms with Gasteiger partial charge in [-0.25, -0.2) is 0 Å². The molecule has 0 heterocycles. The Balaban J connectivity index is 2.83. The molecule has 0 saturated carbocycles. The van der Waals surface area contributed by atoms with E-state index in [0.717, 1.165) is 18.8 Å². The van der Waals surface area contributed by atoms with Gasteiger partial charge in [0.15, 0.2) is 0 Å². The predicted molar refractivity (Wildman–Crippen MR) is 77.6 cm³/mol. The number of nitrogens with zero attached hydrogens (tertiary/aromatic N) is 1. The maximum absolute atomic E-state index is 6.19. The van der Waals surface area contributed by atoms with Crippen molar-refractivity contribution >= 4 is 11.4 Å². The van der Waals surface area contributed by atoms with Crippen LogP contribution in [0.15, 0.2) is 18.2 Å². The van der Waals surface area contributed by atoms with Crippen molar-refractivity contribution < 1.29 is 0 Å². The van der Waals surface area contributed by atoms with Gasteiger partial charge < -0.3 is 10.6 Å². The largest absolute Gasteiger partial charge is 0.397 e. The zero-order chi connectivity index (χ0) is 12.7. The molecule has 1 aromatic carbocycles. The van der Waals surface area contributed by atoms with Gasteiger partial charge in [0.2, 0.25) is 0 Å². The first kappa shape index (κ1) is 13.9. The normalized spacial score (nSPS) is 10.5. The molecular formula is C15H26N2. The second-order valence-electron chi connectivity index (χ2n) is 4.70. The van der Waals surface area contributed by atoms with E-state index in [0.29, 0.717) is 0 Å². The number of benzene rings is 1. The van der Waals surface area contributed by atoms with Gasteiger partial charge in [-0.15, -0.1) is 0 Å². The molecule has 1 rings (SSSR count). The standard InChI is InChI=1S/C15H26N2/c1-4-6-11-17(12-7-5-2)14-10-8-9-13(3)15(14)16/h8-10H,4-7,11-12,16H2,1-3H3. The number of nitrogen functional groups attached to an aromatic ring is 1. The van der Waals surface area contributed by atoms with Crippen LogP contribution in [0.2, 0.25) is 0 Å². The summed E-state index contributed by atoms with van der Waals surface area (Å²) >= 11 is 0. The molecule has 0 aliphatic carbocycles. The van der Waals surface area contributed by atoms with Gasteiger partial charge in [0, 0.05) is 13.1 Å². The van der Waals surface area contributed by atoms with Crippen molar-refractivity contribution in [3.8, 4) is 0 Å². The van der Waals surface area contributed by atoms with Crippen LogP contribution in [0, 0.1) is 6.92 Å². The first-order valence-electron chi connectivity index (χ1n) is 6.80. The summed E-state index contributed by atoms with van der Waals surface area (Å²) in [5.74, 6) is 0. The fourth-order valence-electron chi connectivity index (χ4n) is 1.99. The molecular weight excluding hydrogens is 208 g/mol. The molecule has 0 bridgehead atoms. The highest BCUT2D eigenvalue weighted by Gasteiger charge is 2.09. The molecule has 2 nitrogen and oxygen atoms in total. The average molecular weight is 234 g/mol. The number of nitrogens with two attached hydrogens (primary N) is 1. The lowest BCUT2D eigenvalue weighted by atomic mass is 10.1. The molecule has 0 aromatic heterocycles. The van der Waals surface area contributed by atoms with Gasteiger partial charge in [0.1, 0.15) is 0 Å². The first-order valence-corrected chi connectivity index (χ1v) is 6.80. The van der Waals surface area contributed by atoms with E-state index in [9.17, 15) is 0 Å². The Kier molecular flexibility index (Phi) is 5.88. The lowest BCUT2D eigenvalue weighted by molar-refractivity contribution is 0.678. The van der Waals surface area contributed by atoms with Crippen molar-refractivity contribution in [2.45, 2.75) is 46.5 Å². The average Bonchev–Trinajstić information content (AvgIpc) is 2.34. The summed E-state index contributed by atoms with van der Waals surface area (Å²) in [6.07, 6.45) is 4.93. The van der Waals surface area contributed by atoms with E-state index >= 15 is 0 Å². The smallest absolute Gasteiger partial charge is 0.0602 e. The van der Waals surface area contributed by atoms with Crippen LogP contribution in [-0.2, 0) is 0 Å². The molecule has 0 fully saturated rings. The maximum atomic E-state index is 6.19. The summed E-state index contributed by atoms with van der Waals surface area (Å²) < 4.78 is 0. The van der Waals surface area contributed by atoms with Crippen LogP contribution >= 0.6 is 0 Å². The number of hydrogen-bond donors (Lipinski definition) is 1. The third-order valence-electron chi connectivity index (χ3n) is 3.20. The summed E-state index contributed by atoms with van der Waals surface area (Å²) in [6, 6.07) is 6.33. The Hall–Kier alpha value is -1.18. The third kappa shape index (κ3) is 3.95. The van der Waals surface area contributed by atoms with Gasteiger partial charge >= 0.3 is 0 Å². The highest BCUT2D eigenvalue weighted by atomic mass is 15.1. The monoisotopic (exact) mass is 234 g/mol. The molecule has 0 amide bonds. The first-order chi connectivity index (χ1) is 8.20. The van der Waals surface area contributed by atoms with Crippen LogP contribution in [0.3, 0.4) is 0 Å². The van der Waals surface area contributed by atoms with E-state index in [2.05, 4.69) is 43.9 Å². The van der Waals surface area contributed by atoms with Crippen molar-refractivity contribution in [2.75, 3.05) is 23.7 Å². The number of hydrogen-bond acceptors (Lipinski definition) is 2. The highest BCUT2D eigenvalue weighted by molar-refractivity contribution is 5.70. The molecule has 0 unspecified atom stereocenters. The molecule has 0 saturated heterocycles. The zero-order valence-corrected chi connectivity index (χ0v) is 11.5. The van der Waals surface area contributed by atoms with Gasteiger partial charge in [-0.3, -0.25) is 0 Å². The number of para-hydroxylation sites is 1. The fourth-order valence-corrected chi connectivity index (χ4v) is 1.99. The van der Waals surface area contributed by atoms with E-state index in [1.165, 1.54) is 36.9 Å². The van der Waals surface area contributed by atoms with Gasteiger partial charge in [0.05, 0.1) is 11.4 Å². The van der Waals surface area contributed by atoms with Gasteiger partial charge in [-0.2, -0.15) is 0 Å². The summed E-state index contributed by atoms with van der Waals surface area (Å²) in [4.78, 5) is 2.44. The third-order valence-corrected chi connectivity index (χ3v) is 3.20. The molecule has 0 aliphatic heterocycles. The van der Waals surface area contributed by atoms with Crippen molar-refractivity contribution in [2.24, 2.45) is 0 Å². The van der Waals surface area contributed by atoms with E-state index in [-0.39, 0.29) is 0 Å². The lowest BCUT2D eigenvalue weighted by Crippen LogP contribution is -2.26. The number of unbranched alkanes of at least 4 members (excludes halogenated alkanes) is 2. The van der Waals surface area contributed by atoms with Crippen LogP contribution in [-0.4, -0.2) is 13.1 Å². The SMILES string of the molecule is CCCCN(CCCC)c1cccc(C)c1N. The molecule has 1 aromatic rings. The molecule has 0 atom stereocenters. The van der Waals surface area contributed by atoms with Gasteiger partial charge in [-0.1, -0.05) is 38.8 Å². The quantitative estimate of drug-likeness (QED) is 0.723. The molecule has 2 N–H and O–H groups in total. The van der Waals surface area contributed by atoms with Gasteiger partial charge in [-0.05, 0) is 31.4 Å². The number of anilines is 2. The predicted octanol–water partition coefficient (Wildman–Crippen LogP) is 3.98. The Morgan fingerprint density at radius 2 is 1.65 bits per heavy atom. The zero-order valence-electron chi connectivity index (χ0n) is 11.5. The second kappa shape index (κ2) is 7.21. The van der Waals surface area contributed by atoms with E-state index in [1.807, 2.05) is 0 Å². The molecule has 0 spiro atoms. The van der Waals surface area contributed by atoms with Crippen molar-refractivity contribution in [1.29, 1.82) is 0 Å². The number of rotatable bonds is 7. The van der Waals surface area contributed by atoms with Gasteiger partial charge in [0.25, 0.3) is 0 Å². The van der Waals surface area contributed by atoms with E-state index in [4.69, 9.17) is 5.73 Å². The second-order valence-corrected chi connectivity index (χ2v) is 4.70. The summed E-state index contributed by atoms with van der Waals surface area (Å²) in [5, 5.41) is 0. The minimum atomic E-state index is 0.944.